The monoisotopic (exact) mass is 235 g/mol. The van der Waals surface area contributed by atoms with Crippen LogP contribution in [0.2, 0.25) is 0 Å². The van der Waals surface area contributed by atoms with Gasteiger partial charge in [-0.15, -0.1) is 0 Å². The summed E-state index contributed by atoms with van der Waals surface area (Å²) in [6, 6.07) is 1.22. The first kappa shape index (κ1) is 12.6. The highest BCUT2D eigenvalue weighted by molar-refractivity contribution is 5.47. The molecule has 0 aromatic carbocycles. The Kier molecular flexibility index (Phi) is 3.58. The number of aromatic nitrogens is 1. The van der Waals surface area contributed by atoms with Gasteiger partial charge in [0.25, 0.3) is 0 Å². The van der Waals surface area contributed by atoms with Crippen molar-refractivity contribution in [2.24, 2.45) is 0 Å². The van der Waals surface area contributed by atoms with Gasteiger partial charge in [-0.25, -0.2) is 4.98 Å². The van der Waals surface area contributed by atoms with Gasteiger partial charge in [0.05, 0.1) is 12.2 Å². The Morgan fingerprint density at radius 2 is 2.12 bits per heavy atom. The fourth-order valence-corrected chi connectivity index (χ4v) is 1.09. The maximum absolute atomic E-state index is 12.4. The van der Waals surface area contributed by atoms with Crippen LogP contribution in [-0.2, 0) is 6.18 Å². The molecule has 1 unspecified atom stereocenters. The molecule has 0 fully saturated rings. The smallest absolute Gasteiger partial charge is 0.394 e. The number of nitrogens with zero attached hydrogens (tertiary/aromatic N) is 1. The SMILES string of the molecule is CC(CO)Nc1cc(C(F)(F)F)cc(N)n1. The van der Waals surface area contributed by atoms with Crippen LogP contribution in [0.1, 0.15) is 12.5 Å². The largest absolute Gasteiger partial charge is 0.416 e. The van der Waals surface area contributed by atoms with E-state index < -0.39 is 17.8 Å². The van der Waals surface area contributed by atoms with Crippen LogP contribution in [-0.4, -0.2) is 22.7 Å². The van der Waals surface area contributed by atoms with E-state index in [1.54, 1.807) is 6.92 Å². The molecule has 0 radical (unpaired) electrons. The van der Waals surface area contributed by atoms with Crippen LogP contribution in [0.15, 0.2) is 12.1 Å². The molecule has 1 aromatic rings. The van der Waals surface area contributed by atoms with E-state index in [0.29, 0.717) is 0 Å². The number of halogens is 3. The van der Waals surface area contributed by atoms with Crippen molar-refractivity contribution in [1.82, 2.24) is 4.98 Å². The maximum Gasteiger partial charge on any atom is 0.416 e. The predicted octanol–water partition coefficient (Wildman–Crippen LogP) is 1.48. The number of aliphatic hydroxyl groups is 1. The molecule has 0 aliphatic carbocycles. The minimum Gasteiger partial charge on any atom is -0.394 e. The molecule has 4 nitrogen and oxygen atoms in total. The molecule has 0 aliphatic rings. The number of anilines is 2. The van der Waals surface area contributed by atoms with Crippen LogP contribution in [0, 0.1) is 0 Å². The first-order chi connectivity index (χ1) is 7.32. The Labute approximate surface area is 90.3 Å². The van der Waals surface area contributed by atoms with Crippen LogP contribution < -0.4 is 11.1 Å². The molecule has 1 atom stereocenters. The Hall–Kier alpha value is -1.50. The summed E-state index contributed by atoms with van der Waals surface area (Å²) in [7, 11) is 0. The van der Waals surface area contributed by atoms with Crippen LogP contribution in [0.5, 0.6) is 0 Å². The van der Waals surface area contributed by atoms with Crippen LogP contribution in [0.25, 0.3) is 0 Å². The Morgan fingerprint density at radius 3 is 2.62 bits per heavy atom. The summed E-state index contributed by atoms with van der Waals surface area (Å²) in [5.74, 6) is -0.226. The number of hydrogen-bond donors (Lipinski definition) is 3. The van der Waals surface area contributed by atoms with Gasteiger partial charge in [-0.1, -0.05) is 0 Å². The lowest BCUT2D eigenvalue weighted by molar-refractivity contribution is -0.137. The van der Waals surface area contributed by atoms with E-state index in [4.69, 9.17) is 10.8 Å². The van der Waals surface area contributed by atoms with Gasteiger partial charge >= 0.3 is 6.18 Å². The Bertz CT molecular complexity index is 368. The number of rotatable bonds is 3. The zero-order valence-corrected chi connectivity index (χ0v) is 8.54. The lowest BCUT2D eigenvalue weighted by Gasteiger charge is -2.14. The molecule has 0 spiro atoms. The topological polar surface area (TPSA) is 71.2 Å². The molecule has 4 N–H and O–H groups in total. The molecule has 0 saturated heterocycles. The highest BCUT2D eigenvalue weighted by Gasteiger charge is 2.31. The highest BCUT2D eigenvalue weighted by atomic mass is 19.4. The predicted molar refractivity (Wildman–Crippen MR) is 53.8 cm³/mol. The molecular formula is C9H12F3N3O. The molecule has 1 rings (SSSR count). The van der Waals surface area contributed by atoms with Crippen LogP contribution >= 0.6 is 0 Å². The fourth-order valence-electron chi connectivity index (χ4n) is 1.09. The molecule has 0 bridgehead atoms. The minimum atomic E-state index is -4.46. The average molecular weight is 235 g/mol. The number of aliphatic hydroxyl groups excluding tert-OH is 1. The molecule has 0 amide bonds. The second kappa shape index (κ2) is 4.56. The summed E-state index contributed by atoms with van der Waals surface area (Å²) in [5, 5.41) is 11.4. The fraction of sp³-hybridized carbons (Fsp3) is 0.444. The van der Waals surface area contributed by atoms with E-state index in [1.807, 2.05) is 0 Å². The van der Waals surface area contributed by atoms with E-state index in [0.717, 1.165) is 12.1 Å². The number of alkyl halides is 3. The molecule has 0 aliphatic heterocycles. The molecule has 7 heteroatoms. The number of pyridine rings is 1. The molecule has 0 saturated carbocycles. The van der Waals surface area contributed by atoms with Crippen LogP contribution in [0.4, 0.5) is 24.8 Å². The summed E-state index contributed by atoms with van der Waals surface area (Å²) < 4.78 is 37.2. The maximum atomic E-state index is 12.4. The van der Waals surface area contributed by atoms with Gasteiger partial charge in [0, 0.05) is 6.04 Å². The lowest BCUT2D eigenvalue weighted by Crippen LogP contribution is -2.21. The van der Waals surface area contributed by atoms with Crippen molar-refractivity contribution in [3.63, 3.8) is 0 Å². The second-order valence-corrected chi connectivity index (χ2v) is 3.39. The van der Waals surface area contributed by atoms with Crippen molar-refractivity contribution in [3.05, 3.63) is 17.7 Å². The number of nitrogens with two attached hydrogens (primary N) is 1. The average Bonchev–Trinajstić information content (AvgIpc) is 2.15. The number of nitrogen functional groups attached to an aromatic ring is 1. The summed E-state index contributed by atoms with van der Waals surface area (Å²) in [4.78, 5) is 3.69. The Balaban J connectivity index is 2.99. The van der Waals surface area contributed by atoms with E-state index in [2.05, 4.69) is 10.3 Å². The van der Waals surface area contributed by atoms with Crippen molar-refractivity contribution in [2.45, 2.75) is 19.1 Å². The zero-order chi connectivity index (χ0) is 12.3. The standard InChI is InChI=1S/C9H12F3N3O/c1-5(4-16)14-8-3-6(9(10,11)12)2-7(13)15-8/h2-3,5,16H,4H2,1H3,(H3,13,14,15). The lowest BCUT2D eigenvalue weighted by atomic mass is 10.2. The highest BCUT2D eigenvalue weighted by Crippen LogP contribution is 2.31. The molecule has 1 aromatic heterocycles. The minimum absolute atomic E-state index is 0.00567. The molecule has 1 heterocycles. The van der Waals surface area contributed by atoms with Gasteiger partial charge < -0.3 is 16.2 Å². The summed E-state index contributed by atoms with van der Waals surface area (Å²) in [6.07, 6.45) is -4.46. The van der Waals surface area contributed by atoms with Crippen molar-refractivity contribution in [1.29, 1.82) is 0 Å². The van der Waals surface area contributed by atoms with Gasteiger partial charge in [0.15, 0.2) is 0 Å². The van der Waals surface area contributed by atoms with Gasteiger partial charge in [-0.05, 0) is 19.1 Å². The van der Waals surface area contributed by atoms with Gasteiger partial charge in [-0.2, -0.15) is 13.2 Å². The molecule has 90 valence electrons. The Morgan fingerprint density at radius 1 is 1.50 bits per heavy atom. The van der Waals surface area contributed by atoms with Gasteiger partial charge in [0.2, 0.25) is 0 Å². The summed E-state index contributed by atoms with van der Waals surface area (Å²) >= 11 is 0. The number of hydrogen-bond acceptors (Lipinski definition) is 4. The van der Waals surface area contributed by atoms with Crippen molar-refractivity contribution in [2.75, 3.05) is 17.7 Å². The summed E-state index contributed by atoms with van der Waals surface area (Å²) in [6.45, 7) is 1.40. The number of nitrogens with one attached hydrogen (secondary N) is 1. The van der Waals surface area contributed by atoms with Gasteiger partial charge in [-0.3, -0.25) is 0 Å². The summed E-state index contributed by atoms with van der Waals surface area (Å²) in [5.41, 5.74) is 4.39. The third kappa shape index (κ3) is 3.27. The van der Waals surface area contributed by atoms with Crippen LogP contribution in [0.3, 0.4) is 0 Å². The zero-order valence-electron chi connectivity index (χ0n) is 8.54. The first-order valence-corrected chi connectivity index (χ1v) is 4.55. The van der Waals surface area contributed by atoms with Crippen molar-refractivity contribution in [3.8, 4) is 0 Å². The third-order valence-corrected chi connectivity index (χ3v) is 1.84. The van der Waals surface area contributed by atoms with Crippen molar-refractivity contribution >= 4 is 11.6 Å². The van der Waals surface area contributed by atoms with E-state index >= 15 is 0 Å². The second-order valence-electron chi connectivity index (χ2n) is 3.39. The van der Waals surface area contributed by atoms with E-state index in [9.17, 15) is 13.2 Å². The van der Waals surface area contributed by atoms with E-state index in [1.165, 1.54) is 0 Å². The van der Waals surface area contributed by atoms with E-state index in [-0.39, 0.29) is 18.2 Å². The molecular weight excluding hydrogens is 223 g/mol. The van der Waals surface area contributed by atoms with Gasteiger partial charge in [0.1, 0.15) is 11.6 Å². The molecule has 16 heavy (non-hydrogen) atoms. The quantitative estimate of drug-likeness (QED) is 0.742. The van der Waals surface area contributed by atoms with Crippen molar-refractivity contribution < 1.29 is 18.3 Å². The third-order valence-electron chi connectivity index (χ3n) is 1.84. The normalized spacial score (nSPS) is 13.6. The first-order valence-electron chi connectivity index (χ1n) is 4.55.